The third kappa shape index (κ3) is 4.66. The fourth-order valence-corrected chi connectivity index (χ4v) is 4.27. The summed E-state index contributed by atoms with van der Waals surface area (Å²) in [5.41, 5.74) is 0. The van der Waals surface area contributed by atoms with Gasteiger partial charge in [-0.05, 0) is 44.7 Å². The summed E-state index contributed by atoms with van der Waals surface area (Å²) < 4.78 is 34.3. The van der Waals surface area contributed by atoms with E-state index in [-0.39, 0.29) is 6.04 Å². The monoisotopic (exact) mass is 305 g/mol. The van der Waals surface area contributed by atoms with Crippen LogP contribution < -0.4 is 10.0 Å². The maximum atomic E-state index is 12.3. The van der Waals surface area contributed by atoms with E-state index in [0.29, 0.717) is 25.6 Å². The molecular weight excluding hydrogens is 278 g/mol. The Morgan fingerprint density at radius 3 is 2.60 bits per heavy atom. The summed E-state index contributed by atoms with van der Waals surface area (Å²) in [6.45, 7) is 6.55. The van der Waals surface area contributed by atoms with Crippen molar-refractivity contribution in [3.05, 3.63) is 0 Å². The van der Waals surface area contributed by atoms with Gasteiger partial charge in [-0.2, -0.15) is 17.4 Å². The van der Waals surface area contributed by atoms with Crippen LogP contribution in [0, 0.1) is 5.92 Å². The van der Waals surface area contributed by atoms with E-state index in [0.717, 1.165) is 45.4 Å². The molecule has 2 aliphatic heterocycles. The number of nitrogens with zero attached hydrogens (tertiary/aromatic N) is 1. The fraction of sp³-hybridized carbons (Fsp3) is 1.00. The van der Waals surface area contributed by atoms with Gasteiger partial charge in [-0.15, -0.1) is 0 Å². The molecular formula is C13H27N3O3S. The zero-order valence-electron chi connectivity index (χ0n) is 12.3. The zero-order valence-corrected chi connectivity index (χ0v) is 13.1. The maximum Gasteiger partial charge on any atom is 0.279 e. The van der Waals surface area contributed by atoms with Crippen LogP contribution in [0.3, 0.4) is 0 Å². The van der Waals surface area contributed by atoms with Gasteiger partial charge in [0.2, 0.25) is 0 Å². The smallest absolute Gasteiger partial charge is 0.279 e. The van der Waals surface area contributed by atoms with Crippen molar-refractivity contribution in [2.45, 2.75) is 38.6 Å². The largest absolute Gasteiger partial charge is 0.380 e. The molecule has 7 heteroatoms. The third-order valence-corrected chi connectivity index (χ3v) is 5.75. The first-order chi connectivity index (χ1) is 9.62. The number of rotatable bonds is 6. The highest BCUT2D eigenvalue weighted by Crippen LogP contribution is 2.19. The Hall–Kier alpha value is -0.210. The Morgan fingerprint density at radius 1 is 1.25 bits per heavy atom. The molecule has 20 heavy (non-hydrogen) atoms. The van der Waals surface area contributed by atoms with Gasteiger partial charge in [-0.3, -0.25) is 0 Å². The number of piperidine rings is 1. The van der Waals surface area contributed by atoms with Gasteiger partial charge in [0.15, 0.2) is 0 Å². The summed E-state index contributed by atoms with van der Waals surface area (Å²) >= 11 is 0. The molecule has 0 saturated carbocycles. The molecule has 0 aromatic carbocycles. The van der Waals surface area contributed by atoms with Gasteiger partial charge in [-0.1, -0.05) is 6.92 Å². The van der Waals surface area contributed by atoms with Crippen molar-refractivity contribution < 1.29 is 13.2 Å². The van der Waals surface area contributed by atoms with Crippen LogP contribution in [0.1, 0.15) is 32.6 Å². The molecule has 6 nitrogen and oxygen atoms in total. The van der Waals surface area contributed by atoms with Gasteiger partial charge in [0, 0.05) is 25.7 Å². The Balaban J connectivity index is 1.79. The minimum Gasteiger partial charge on any atom is -0.380 e. The van der Waals surface area contributed by atoms with Crippen LogP contribution in [0.4, 0.5) is 0 Å². The summed E-state index contributed by atoms with van der Waals surface area (Å²) in [6.07, 6.45) is 3.68. The van der Waals surface area contributed by atoms with E-state index in [4.69, 9.17) is 4.74 Å². The van der Waals surface area contributed by atoms with Gasteiger partial charge in [0.1, 0.15) is 0 Å². The lowest BCUT2D eigenvalue weighted by atomic mass is 9.98. The van der Waals surface area contributed by atoms with Crippen LogP contribution >= 0.6 is 0 Å². The van der Waals surface area contributed by atoms with Crippen molar-refractivity contribution in [1.82, 2.24) is 14.3 Å². The zero-order chi connectivity index (χ0) is 14.4. The van der Waals surface area contributed by atoms with Gasteiger partial charge in [0.05, 0.1) is 6.61 Å². The van der Waals surface area contributed by atoms with Gasteiger partial charge in [-0.25, -0.2) is 0 Å². The van der Waals surface area contributed by atoms with E-state index in [2.05, 4.69) is 17.0 Å². The molecule has 0 radical (unpaired) electrons. The molecule has 2 rings (SSSR count). The molecule has 0 aromatic heterocycles. The summed E-state index contributed by atoms with van der Waals surface area (Å²) in [7, 11) is -3.34. The highest BCUT2D eigenvalue weighted by molar-refractivity contribution is 7.87. The lowest BCUT2D eigenvalue weighted by Crippen LogP contribution is -2.50. The van der Waals surface area contributed by atoms with Crippen molar-refractivity contribution in [3.63, 3.8) is 0 Å². The van der Waals surface area contributed by atoms with Crippen LogP contribution in [0.25, 0.3) is 0 Å². The Kier molecular flexibility index (Phi) is 6.22. The molecule has 2 N–H and O–H groups in total. The van der Waals surface area contributed by atoms with Crippen LogP contribution in [-0.4, -0.2) is 58.2 Å². The minimum atomic E-state index is -3.34. The molecule has 1 atom stereocenters. The van der Waals surface area contributed by atoms with E-state index in [1.165, 1.54) is 0 Å². The first-order valence-corrected chi connectivity index (χ1v) is 9.11. The Bertz CT molecular complexity index is 374. The summed E-state index contributed by atoms with van der Waals surface area (Å²) in [4.78, 5) is 0. The normalized spacial score (nSPS) is 26.8. The standard InChI is InChI=1S/C13H27N3O3S/c1-2-14-10-12-5-7-16(8-6-12)20(17,18)15-13-4-3-9-19-11-13/h12-15H,2-11H2,1H3. The molecule has 0 aliphatic carbocycles. The predicted molar refractivity (Wildman–Crippen MR) is 78.7 cm³/mol. The molecule has 2 fully saturated rings. The van der Waals surface area contributed by atoms with E-state index >= 15 is 0 Å². The SMILES string of the molecule is CCNCC1CCN(S(=O)(=O)NC2CCCOC2)CC1. The molecule has 0 amide bonds. The lowest BCUT2D eigenvalue weighted by Gasteiger charge is -2.33. The van der Waals surface area contributed by atoms with Crippen LogP contribution in [-0.2, 0) is 14.9 Å². The fourth-order valence-electron chi connectivity index (χ4n) is 2.82. The van der Waals surface area contributed by atoms with Crippen molar-refractivity contribution in [1.29, 1.82) is 0 Å². The maximum absolute atomic E-state index is 12.3. The molecule has 2 aliphatic rings. The predicted octanol–water partition coefficient (Wildman–Crippen LogP) is 0.321. The first kappa shape index (κ1) is 16.2. The van der Waals surface area contributed by atoms with E-state index in [1.807, 2.05) is 0 Å². The van der Waals surface area contributed by atoms with Gasteiger partial charge < -0.3 is 10.1 Å². The third-order valence-electron chi connectivity index (χ3n) is 4.07. The van der Waals surface area contributed by atoms with Crippen LogP contribution in [0.15, 0.2) is 0 Å². The quantitative estimate of drug-likeness (QED) is 0.741. The molecule has 0 aromatic rings. The average Bonchev–Trinajstić information content (AvgIpc) is 2.46. The molecule has 1 unspecified atom stereocenters. The Labute approximate surface area is 122 Å². The van der Waals surface area contributed by atoms with Crippen molar-refractivity contribution in [2.75, 3.05) is 39.4 Å². The number of nitrogens with one attached hydrogen (secondary N) is 2. The molecule has 118 valence electrons. The van der Waals surface area contributed by atoms with Crippen LogP contribution in [0.2, 0.25) is 0 Å². The molecule has 2 saturated heterocycles. The van der Waals surface area contributed by atoms with E-state index < -0.39 is 10.2 Å². The number of hydrogen-bond donors (Lipinski definition) is 2. The molecule has 2 heterocycles. The lowest BCUT2D eigenvalue weighted by molar-refractivity contribution is 0.0766. The molecule has 0 spiro atoms. The summed E-state index contributed by atoms with van der Waals surface area (Å²) in [6, 6.07) is -0.0618. The van der Waals surface area contributed by atoms with Crippen molar-refractivity contribution >= 4 is 10.2 Å². The second-order valence-corrected chi connectivity index (χ2v) is 7.39. The van der Waals surface area contributed by atoms with Crippen molar-refractivity contribution in [2.24, 2.45) is 5.92 Å². The minimum absolute atomic E-state index is 0.0618. The number of ether oxygens (including phenoxy) is 1. The number of hydrogen-bond acceptors (Lipinski definition) is 4. The van der Waals surface area contributed by atoms with E-state index in [9.17, 15) is 8.42 Å². The van der Waals surface area contributed by atoms with Crippen LogP contribution in [0.5, 0.6) is 0 Å². The Morgan fingerprint density at radius 2 is 2.00 bits per heavy atom. The first-order valence-electron chi connectivity index (χ1n) is 7.67. The second-order valence-electron chi connectivity index (χ2n) is 5.69. The molecule has 0 bridgehead atoms. The summed E-state index contributed by atoms with van der Waals surface area (Å²) in [5.74, 6) is 0.597. The average molecular weight is 305 g/mol. The second kappa shape index (κ2) is 7.70. The summed E-state index contributed by atoms with van der Waals surface area (Å²) in [5, 5.41) is 3.34. The van der Waals surface area contributed by atoms with Crippen molar-refractivity contribution in [3.8, 4) is 0 Å². The van der Waals surface area contributed by atoms with Gasteiger partial charge in [0.25, 0.3) is 10.2 Å². The van der Waals surface area contributed by atoms with E-state index in [1.54, 1.807) is 4.31 Å². The highest BCUT2D eigenvalue weighted by atomic mass is 32.2. The van der Waals surface area contributed by atoms with Gasteiger partial charge >= 0.3 is 0 Å². The highest BCUT2D eigenvalue weighted by Gasteiger charge is 2.30. The topological polar surface area (TPSA) is 70.7 Å².